The molecule has 4 nitrogen and oxygen atoms in total. The maximum absolute atomic E-state index is 11.4. The van der Waals surface area contributed by atoms with Crippen LogP contribution in [0.2, 0.25) is 0 Å². The summed E-state index contributed by atoms with van der Waals surface area (Å²) in [7, 11) is 0. The molecule has 0 amide bonds. The molecular formula is C12H21NO3. The van der Waals surface area contributed by atoms with E-state index < -0.39 is 5.60 Å². The molecule has 0 aromatic heterocycles. The van der Waals surface area contributed by atoms with Gasteiger partial charge in [0, 0.05) is 13.0 Å². The van der Waals surface area contributed by atoms with Crippen LogP contribution >= 0.6 is 0 Å². The van der Waals surface area contributed by atoms with Gasteiger partial charge in [-0.3, -0.25) is 14.5 Å². The van der Waals surface area contributed by atoms with Crippen LogP contribution in [0, 0.1) is 0 Å². The zero-order valence-corrected chi connectivity index (χ0v) is 10.4. The van der Waals surface area contributed by atoms with E-state index in [0.29, 0.717) is 25.9 Å². The largest absolute Gasteiger partial charge is 0.460 e. The first-order chi connectivity index (χ1) is 7.37. The summed E-state index contributed by atoms with van der Waals surface area (Å²) in [5.74, 6) is 0.0842. The standard InChI is InChI=1S/C12H21NO3/c1-12(2,3)16-11(15)6-8-13-7-4-5-10(14)9-13/h4-9H2,1-3H3. The number of rotatable bonds is 3. The summed E-state index contributed by atoms with van der Waals surface area (Å²) in [4.78, 5) is 24.7. The number of ether oxygens (including phenoxy) is 1. The zero-order valence-electron chi connectivity index (χ0n) is 10.4. The third-order valence-corrected chi connectivity index (χ3v) is 2.38. The Kier molecular flexibility index (Phi) is 4.47. The van der Waals surface area contributed by atoms with Crippen molar-refractivity contribution >= 4 is 11.8 Å². The second-order valence-corrected chi connectivity index (χ2v) is 5.25. The Labute approximate surface area is 96.9 Å². The fourth-order valence-electron chi connectivity index (χ4n) is 1.74. The quantitative estimate of drug-likeness (QED) is 0.683. The van der Waals surface area contributed by atoms with E-state index in [2.05, 4.69) is 0 Å². The van der Waals surface area contributed by atoms with E-state index in [-0.39, 0.29) is 11.8 Å². The van der Waals surface area contributed by atoms with Crippen molar-refractivity contribution in [3.63, 3.8) is 0 Å². The fraction of sp³-hybridized carbons (Fsp3) is 0.833. The molecule has 0 bridgehead atoms. The molecule has 0 N–H and O–H groups in total. The number of carbonyl (C=O) groups is 2. The normalized spacial score (nSPS) is 18.6. The highest BCUT2D eigenvalue weighted by atomic mass is 16.6. The van der Waals surface area contributed by atoms with Gasteiger partial charge in [0.2, 0.25) is 0 Å². The monoisotopic (exact) mass is 227 g/mol. The van der Waals surface area contributed by atoms with E-state index in [0.717, 1.165) is 13.0 Å². The molecule has 0 aromatic rings. The van der Waals surface area contributed by atoms with Crippen molar-refractivity contribution in [1.29, 1.82) is 0 Å². The number of carbonyl (C=O) groups excluding carboxylic acids is 2. The minimum absolute atomic E-state index is 0.189. The molecule has 0 spiro atoms. The lowest BCUT2D eigenvalue weighted by Crippen LogP contribution is -2.37. The van der Waals surface area contributed by atoms with Crippen LogP contribution in [0.3, 0.4) is 0 Å². The predicted octanol–water partition coefficient (Wildman–Crippen LogP) is 1.38. The SMILES string of the molecule is CC(C)(C)OC(=O)CCN1CCCC(=O)C1. The lowest BCUT2D eigenvalue weighted by atomic mass is 10.1. The number of hydrogen-bond donors (Lipinski definition) is 0. The molecule has 16 heavy (non-hydrogen) atoms. The van der Waals surface area contributed by atoms with Crippen LogP contribution in [0.1, 0.15) is 40.0 Å². The molecule has 0 saturated carbocycles. The van der Waals surface area contributed by atoms with E-state index in [1.807, 2.05) is 25.7 Å². The minimum Gasteiger partial charge on any atom is -0.460 e. The van der Waals surface area contributed by atoms with Crippen LogP contribution in [0.5, 0.6) is 0 Å². The number of likely N-dealkylation sites (tertiary alicyclic amines) is 1. The highest BCUT2D eigenvalue weighted by molar-refractivity contribution is 5.81. The summed E-state index contributed by atoms with van der Waals surface area (Å²) < 4.78 is 5.21. The summed E-state index contributed by atoms with van der Waals surface area (Å²) in [6.07, 6.45) is 1.96. The first-order valence-corrected chi connectivity index (χ1v) is 5.83. The van der Waals surface area contributed by atoms with Gasteiger partial charge in [-0.05, 0) is 33.7 Å². The van der Waals surface area contributed by atoms with E-state index in [9.17, 15) is 9.59 Å². The second kappa shape index (κ2) is 5.43. The summed E-state index contributed by atoms with van der Waals surface area (Å²) >= 11 is 0. The average molecular weight is 227 g/mol. The number of esters is 1. The van der Waals surface area contributed by atoms with Gasteiger partial charge in [0.05, 0.1) is 13.0 Å². The van der Waals surface area contributed by atoms with Crippen molar-refractivity contribution in [2.45, 2.75) is 45.6 Å². The van der Waals surface area contributed by atoms with Crippen LogP contribution in [0.4, 0.5) is 0 Å². The van der Waals surface area contributed by atoms with Gasteiger partial charge < -0.3 is 4.74 Å². The third-order valence-electron chi connectivity index (χ3n) is 2.38. The summed E-state index contributed by atoms with van der Waals surface area (Å²) in [6.45, 7) is 7.60. The Morgan fingerprint density at radius 3 is 2.69 bits per heavy atom. The van der Waals surface area contributed by atoms with Gasteiger partial charge in [-0.25, -0.2) is 0 Å². The van der Waals surface area contributed by atoms with Crippen molar-refractivity contribution in [3.05, 3.63) is 0 Å². The molecule has 0 aliphatic carbocycles. The molecule has 0 unspecified atom stereocenters. The fourth-order valence-corrected chi connectivity index (χ4v) is 1.74. The van der Waals surface area contributed by atoms with Crippen LogP contribution < -0.4 is 0 Å². The lowest BCUT2D eigenvalue weighted by molar-refractivity contribution is -0.155. The van der Waals surface area contributed by atoms with Gasteiger partial charge in [0.15, 0.2) is 0 Å². The molecule has 4 heteroatoms. The molecule has 1 rings (SSSR count). The second-order valence-electron chi connectivity index (χ2n) is 5.25. The smallest absolute Gasteiger partial charge is 0.307 e. The molecule has 92 valence electrons. The first kappa shape index (κ1) is 13.2. The minimum atomic E-state index is -0.422. The van der Waals surface area contributed by atoms with Crippen molar-refractivity contribution in [1.82, 2.24) is 4.90 Å². The Morgan fingerprint density at radius 2 is 2.12 bits per heavy atom. The van der Waals surface area contributed by atoms with Gasteiger partial charge in [-0.2, -0.15) is 0 Å². The number of nitrogens with zero attached hydrogens (tertiary/aromatic N) is 1. The van der Waals surface area contributed by atoms with Crippen LogP contribution in [0.15, 0.2) is 0 Å². The number of hydrogen-bond acceptors (Lipinski definition) is 4. The number of piperidine rings is 1. The van der Waals surface area contributed by atoms with E-state index >= 15 is 0 Å². The summed E-state index contributed by atoms with van der Waals surface area (Å²) in [5.41, 5.74) is -0.422. The highest BCUT2D eigenvalue weighted by Crippen LogP contribution is 2.10. The van der Waals surface area contributed by atoms with Crippen molar-refractivity contribution in [2.24, 2.45) is 0 Å². The highest BCUT2D eigenvalue weighted by Gasteiger charge is 2.20. The Hall–Kier alpha value is -0.900. The maximum atomic E-state index is 11.4. The topological polar surface area (TPSA) is 46.6 Å². The molecule has 1 saturated heterocycles. The van der Waals surface area contributed by atoms with Gasteiger partial charge in [0.1, 0.15) is 11.4 Å². The predicted molar refractivity (Wildman–Crippen MR) is 61.1 cm³/mol. The molecule has 1 aliphatic rings. The lowest BCUT2D eigenvalue weighted by Gasteiger charge is -2.26. The molecule has 1 heterocycles. The van der Waals surface area contributed by atoms with Gasteiger partial charge in [-0.1, -0.05) is 0 Å². The average Bonchev–Trinajstić information content (AvgIpc) is 2.12. The van der Waals surface area contributed by atoms with Crippen LogP contribution in [-0.2, 0) is 14.3 Å². The summed E-state index contributed by atoms with van der Waals surface area (Å²) in [6, 6.07) is 0. The van der Waals surface area contributed by atoms with Gasteiger partial charge in [-0.15, -0.1) is 0 Å². The van der Waals surface area contributed by atoms with Gasteiger partial charge >= 0.3 is 5.97 Å². The van der Waals surface area contributed by atoms with Crippen molar-refractivity contribution < 1.29 is 14.3 Å². The van der Waals surface area contributed by atoms with E-state index in [4.69, 9.17) is 4.74 Å². The number of ketones is 1. The zero-order chi connectivity index (χ0) is 12.2. The van der Waals surface area contributed by atoms with E-state index in [1.165, 1.54) is 0 Å². The first-order valence-electron chi connectivity index (χ1n) is 5.83. The summed E-state index contributed by atoms with van der Waals surface area (Å²) in [5, 5.41) is 0. The van der Waals surface area contributed by atoms with Crippen molar-refractivity contribution in [3.8, 4) is 0 Å². The molecule has 0 radical (unpaired) electrons. The van der Waals surface area contributed by atoms with Crippen LogP contribution in [-0.4, -0.2) is 41.9 Å². The molecule has 0 atom stereocenters. The van der Waals surface area contributed by atoms with Crippen LogP contribution in [0.25, 0.3) is 0 Å². The molecule has 1 aliphatic heterocycles. The number of Topliss-reactive ketones (excluding diaryl/α,β-unsaturated/α-hetero) is 1. The Morgan fingerprint density at radius 1 is 1.44 bits per heavy atom. The van der Waals surface area contributed by atoms with Gasteiger partial charge in [0.25, 0.3) is 0 Å². The Balaban J connectivity index is 2.23. The molecule has 1 fully saturated rings. The van der Waals surface area contributed by atoms with E-state index in [1.54, 1.807) is 0 Å². The third kappa shape index (κ3) is 5.26. The maximum Gasteiger partial charge on any atom is 0.307 e. The Bertz CT molecular complexity index is 268. The molecular weight excluding hydrogens is 206 g/mol. The van der Waals surface area contributed by atoms with Crippen molar-refractivity contribution in [2.75, 3.05) is 19.6 Å². The molecule has 0 aromatic carbocycles.